The minimum Gasteiger partial charge on any atom is -0.463 e. The first-order valence-corrected chi connectivity index (χ1v) is 43.8. The Hall–Kier alpha value is -8.88. The maximum atomic E-state index is 14.4. The lowest BCUT2D eigenvalue weighted by Gasteiger charge is -2.28. The van der Waals surface area contributed by atoms with Gasteiger partial charge in [0.15, 0.2) is 35.6 Å². The number of fused-ring (bicyclic) bond motifs is 3. The molecular formula is C75H93Cl3F3N12O24P3. The first kappa shape index (κ1) is 93.4. The SMILES string of the molecule is CC(C)OC(=O)[C@H](C)CP(=O)(OC[C@H]1O[C@@H](n2ccc3c(=O)[nH]c(N)nc32)C(Cl)(CF)[C@H]1O)Oc1ccccc1.CC(C)OC(=O)[C@H](C)C[P@@](=O)(OC[C@H]1O[C@@H](n2ccc3c(=O)[nH]c(N)nc32)C(Cl)(CF)[C@H]1O)Oc1ccccc1.CC(C)OC(=O)[C@H](C)C[P@](=O)(OC[C@H]1O[C@@H](n2ccc3c(=O)[nH]c(N)nc32)C(Cl)(CF)[C@H]1O)Oc1ccccc1. The van der Waals surface area contributed by atoms with Crippen LogP contribution in [0.25, 0.3) is 33.1 Å². The number of ether oxygens (including phenoxy) is 6. The fourth-order valence-electron chi connectivity index (χ4n) is 13.0. The summed E-state index contributed by atoms with van der Waals surface area (Å²) in [5, 5.41) is 33.5. The van der Waals surface area contributed by atoms with Crippen molar-refractivity contribution in [3.8, 4) is 17.2 Å². The Bertz CT molecular complexity index is 4880. The number of aliphatic hydroxyl groups is 3. The fourth-order valence-corrected chi connectivity index (χ4v) is 19.5. The number of para-hydroxylation sites is 3. The predicted octanol–water partition coefficient (Wildman–Crippen LogP) is 10.2. The van der Waals surface area contributed by atoms with Crippen LogP contribution in [-0.2, 0) is 70.1 Å². The second-order valence-corrected chi connectivity index (χ2v) is 37.7. The average molecular weight is 1800 g/mol. The number of nitrogens with one attached hydrogen (secondary N) is 3. The predicted molar refractivity (Wildman–Crippen MR) is 435 cm³/mol. The standard InChI is InChI=1S/3C25H31ClFN4O8P/c3*1-14(2)37-22(34)15(3)12-40(35,39-16-7-5-4-6-8-16)36-11-18-19(32)25(26,13-27)23(38-18)31-10-9-17-20(31)29-24(28)30-21(17)33/h3*4-10,14-15,18-19,23,32H,11-13H2,1-3H3,(H3,28,29,30,33)/t15-,18-,19+,23-,25?,40?;15-,18-,19+,23-,25?,40+;15-,18-,19+,23-,25?,40-/m111/s1. The quantitative estimate of drug-likeness (QED) is 0.00798. The van der Waals surface area contributed by atoms with E-state index in [1.165, 1.54) is 71.3 Å². The Balaban J connectivity index is 0.000000189. The van der Waals surface area contributed by atoms with Gasteiger partial charge in [0.1, 0.15) is 88.5 Å². The molecule has 12 rings (SSSR count). The first-order chi connectivity index (χ1) is 56.6. The van der Waals surface area contributed by atoms with E-state index in [-0.39, 0.29) is 105 Å². The molecule has 0 amide bonds. The van der Waals surface area contributed by atoms with Crippen LogP contribution in [0, 0.1) is 17.8 Å². The van der Waals surface area contributed by atoms with E-state index in [1.54, 1.807) is 133 Å². The van der Waals surface area contributed by atoms with Crippen LogP contribution in [0.3, 0.4) is 0 Å². The number of carbonyl (C=O) groups is 3. The van der Waals surface area contributed by atoms with Gasteiger partial charge in [0.25, 0.3) is 16.7 Å². The largest absolute Gasteiger partial charge is 0.463 e. The summed E-state index contributed by atoms with van der Waals surface area (Å²) in [7, 11) is -12.2. The third-order valence-electron chi connectivity index (χ3n) is 18.9. The van der Waals surface area contributed by atoms with Gasteiger partial charge in [-0.15, -0.1) is 34.8 Å². The average Bonchev–Trinajstić information content (AvgIpc) is 1.60. The summed E-state index contributed by atoms with van der Waals surface area (Å²) in [6, 6.07) is 28.9. The number of H-pyrrole nitrogens is 3. The number of nitrogen functional groups attached to an aromatic ring is 3. The monoisotopic (exact) mass is 1800 g/mol. The van der Waals surface area contributed by atoms with Gasteiger partial charge in [0.05, 0.1) is 90.5 Å². The van der Waals surface area contributed by atoms with Crippen LogP contribution in [0.1, 0.15) is 81.0 Å². The van der Waals surface area contributed by atoms with Crippen LogP contribution in [0.4, 0.5) is 31.0 Å². The Morgan fingerprint density at radius 3 is 0.892 bits per heavy atom. The van der Waals surface area contributed by atoms with E-state index >= 15 is 0 Å². The van der Waals surface area contributed by atoms with E-state index in [0.29, 0.717) is 0 Å². The van der Waals surface area contributed by atoms with Crippen molar-refractivity contribution in [1.82, 2.24) is 43.6 Å². The van der Waals surface area contributed by atoms with E-state index < -0.39 is 185 Å². The number of benzene rings is 3. The summed E-state index contributed by atoms with van der Waals surface area (Å²) < 4.78 is 156. The minimum absolute atomic E-state index is 0.0639. The topological polar surface area (TPSA) is 504 Å². The van der Waals surface area contributed by atoms with Gasteiger partial charge in [-0.25, -0.2) is 26.9 Å². The molecule has 3 fully saturated rings. The molecule has 0 saturated carbocycles. The highest BCUT2D eigenvalue weighted by Gasteiger charge is 2.60. The van der Waals surface area contributed by atoms with Crippen LogP contribution in [-0.4, -0.2) is 205 Å². The molecule has 3 saturated heterocycles. The summed E-state index contributed by atoms with van der Waals surface area (Å²) in [5.41, 5.74) is 15.7. The summed E-state index contributed by atoms with van der Waals surface area (Å²) >= 11 is 19.7. The van der Waals surface area contributed by atoms with Crippen molar-refractivity contribution in [2.75, 3.05) is 75.5 Å². The molecule has 12 N–H and O–H groups in total. The smallest absolute Gasteiger partial charge is 0.380 e. The number of hydrogen-bond donors (Lipinski definition) is 9. The molecule has 0 spiro atoms. The van der Waals surface area contributed by atoms with E-state index in [1.807, 2.05) is 0 Å². The zero-order valence-electron chi connectivity index (χ0n) is 66.1. The van der Waals surface area contributed by atoms with Gasteiger partial charge < -0.3 is 88.2 Å². The molecule has 45 heteroatoms. The highest BCUT2D eigenvalue weighted by Crippen LogP contribution is 2.56. The normalized spacial score (nSPS) is 25.1. The highest BCUT2D eigenvalue weighted by atomic mass is 35.5. The van der Waals surface area contributed by atoms with Crippen molar-refractivity contribution in [2.45, 2.75) is 151 Å². The zero-order chi connectivity index (χ0) is 87.7. The maximum Gasteiger partial charge on any atom is 0.380 e. The number of aromatic nitrogens is 9. The zero-order valence-corrected chi connectivity index (χ0v) is 71.0. The van der Waals surface area contributed by atoms with Gasteiger partial charge in [-0.3, -0.25) is 57.3 Å². The molecule has 18 atom stereocenters. The van der Waals surface area contributed by atoms with E-state index in [0.717, 1.165) is 0 Å². The Labute approximate surface area is 698 Å². The lowest BCUT2D eigenvalue weighted by molar-refractivity contribution is -0.152. The van der Waals surface area contributed by atoms with Crippen LogP contribution in [0.15, 0.2) is 142 Å². The number of halogens is 6. The number of hydrogen-bond acceptors (Lipinski definition) is 30. The molecule has 654 valence electrons. The number of aromatic amines is 3. The van der Waals surface area contributed by atoms with Gasteiger partial charge in [-0.2, -0.15) is 15.0 Å². The highest BCUT2D eigenvalue weighted by molar-refractivity contribution is 7.55. The van der Waals surface area contributed by atoms with Crippen LogP contribution in [0.2, 0.25) is 0 Å². The minimum atomic E-state index is -4.07. The number of carbonyl (C=O) groups excluding carboxylic acids is 3. The second kappa shape index (κ2) is 39.1. The summed E-state index contributed by atoms with van der Waals surface area (Å²) in [6.07, 6.45) is -10.8. The fraction of sp³-hybridized carbons (Fsp3) is 0.480. The first-order valence-electron chi connectivity index (χ1n) is 37.5. The van der Waals surface area contributed by atoms with Crippen molar-refractivity contribution >= 4 is 126 Å². The molecule has 0 bridgehead atoms. The number of nitrogens with zero attached hydrogens (tertiary/aromatic N) is 6. The molecular weight excluding hydrogens is 1710 g/mol. The van der Waals surface area contributed by atoms with E-state index in [9.17, 15) is 71.0 Å². The Morgan fingerprint density at radius 1 is 0.442 bits per heavy atom. The molecule has 6 aromatic heterocycles. The Morgan fingerprint density at radius 2 is 0.675 bits per heavy atom. The van der Waals surface area contributed by atoms with Crippen LogP contribution < -0.4 is 47.5 Å². The summed E-state index contributed by atoms with van der Waals surface area (Å²) in [4.78, 5) is 87.4. The lowest BCUT2D eigenvalue weighted by Crippen LogP contribution is -2.44. The molecule has 9 heterocycles. The number of esters is 3. The molecule has 0 aliphatic carbocycles. The summed E-state index contributed by atoms with van der Waals surface area (Å²) in [6.45, 7) is 9.42. The summed E-state index contributed by atoms with van der Waals surface area (Å²) in [5.74, 6) is -4.23. The van der Waals surface area contributed by atoms with Gasteiger partial charge in [0.2, 0.25) is 17.8 Å². The van der Waals surface area contributed by atoms with Gasteiger partial charge in [0, 0.05) is 18.6 Å². The molecule has 0 radical (unpaired) electrons. The number of aliphatic hydroxyl groups excluding tert-OH is 3. The molecule has 3 aromatic carbocycles. The molecule has 120 heavy (non-hydrogen) atoms. The van der Waals surface area contributed by atoms with Gasteiger partial charge in [-0.05, 0) is 96.1 Å². The molecule has 36 nitrogen and oxygen atoms in total. The maximum absolute atomic E-state index is 14.4. The number of anilines is 3. The van der Waals surface area contributed by atoms with Crippen molar-refractivity contribution in [3.05, 3.63) is 159 Å². The number of nitrogens with two attached hydrogens (primary N) is 3. The van der Waals surface area contributed by atoms with Crippen molar-refractivity contribution in [1.29, 1.82) is 0 Å². The third-order valence-corrected chi connectivity index (χ3v) is 26.5. The Kier molecular flexibility index (Phi) is 30.4. The van der Waals surface area contributed by atoms with Crippen LogP contribution >= 0.6 is 57.6 Å². The number of rotatable bonds is 33. The van der Waals surface area contributed by atoms with Crippen molar-refractivity contribution in [2.24, 2.45) is 17.8 Å². The molecule has 4 unspecified atom stereocenters. The van der Waals surface area contributed by atoms with Gasteiger partial charge >= 0.3 is 40.7 Å². The van der Waals surface area contributed by atoms with Crippen molar-refractivity contribution in [3.63, 3.8) is 0 Å². The van der Waals surface area contributed by atoms with Crippen molar-refractivity contribution < 1.29 is 112 Å². The van der Waals surface area contributed by atoms with Crippen LogP contribution in [0.5, 0.6) is 17.2 Å². The molecule has 3 aliphatic rings. The third kappa shape index (κ3) is 21.6. The van der Waals surface area contributed by atoms with Gasteiger partial charge in [-0.1, -0.05) is 75.4 Å². The van der Waals surface area contributed by atoms with E-state index in [2.05, 4.69) is 29.9 Å². The number of alkyl halides is 6. The molecule has 3 aliphatic heterocycles. The van der Waals surface area contributed by atoms with E-state index in [4.69, 9.17) is 108 Å². The second-order valence-electron chi connectivity index (χ2n) is 29.5. The lowest BCUT2D eigenvalue weighted by atomic mass is 10.00. The molecule has 9 aromatic rings.